The smallest absolute Gasteiger partial charge is 0.338 e. The molecule has 0 spiro atoms. The molecule has 1 aliphatic heterocycles. The number of benzene rings is 3. The Kier molecular flexibility index (Phi) is 11.8. The second-order valence-electron chi connectivity index (χ2n) is 17.0. The van der Waals surface area contributed by atoms with Crippen molar-refractivity contribution in [2.75, 3.05) is 6.61 Å². The summed E-state index contributed by atoms with van der Waals surface area (Å²) in [5.41, 5.74) is -3.58. The lowest BCUT2D eigenvalue weighted by Gasteiger charge is -2.63. The lowest BCUT2D eigenvalue weighted by atomic mass is 9.50. The zero-order chi connectivity index (χ0) is 44.0. The molecular weight excluding hydrogens is 787 g/mol. The van der Waals surface area contributed by atoms with Crippen molar-refractivity contribution in [3.05, 3.63) is 119 Å². The summed E-state index contributed by atoms with van der Waals surface area (Å²) in [4.78, 5) is 83.5. The van der Waals surface area contributed by atoms with Crippen molar-refractivity contribution in [1.82, 2.24) is 5.32 Å². The van der Waals surface area contributed by atoms with Gasteiger partial charge in [-0.05, 0) is 60.7 Å². The quantitative estimate of drug-likeness (QED) is 0.137. The van der Waals surface area contributed by atoms with Crippen molar-refractivity contribution in [3.63, 3.8) is 0 Å². The summed E-state index contributed by atoms with van der Waals surface area (Å²) >= 11 is 0. The van der Waals surface area contributed by atoms with Crippen molar-refractivity contribution in [1.29, 1.82) is 0 Å². The van der Waals surface area contributed by atoms with Crippen LogP contribution in [0.5, 0.6) is 0 Å². The van der Waals surface area contributed by atoms with Crippen molar-refractivity contribution >= 4 is 35.6 Å². The Labute approximate surface area is 353 Å². The van der Waals surface area contributed by atoms with Crippen molar-refractivity contribution in [2.45, 2.75) is 103 Å². The van der Waals surface area contributed by atoms with Gasteiger partial charge in [0.1, 0.15) is 18.3 Å². The number of Topliss-reactive ketones (excluding diaryl/α,β-unsaturated/α-hetero) is 1. The van der Waals surface area contributed by atoms with Gasteiger partial charge >= 0.3 is 23.9 Å². The minimum absolute atomic E-state index is 0.119. The van der Waals surface area contributed by atoms with Gasteiger partial charge in [0.15, 0.2) is 23.6 Å². The molecule has 14 heteroatoms. The number of aliphatic hydroxyl groups is 2. The lowest BCUT2D eigenvalue weighted by molar-refractivity contribution is -0.334. The standard InChI is InChI=1S/C47H51NO13/c1-25(2)46-23-32(59-44(56)37(52)36(29-16-10-7-11-17-29)48-42(54)30-18-12-8-13-19-30)26(3)35(46)38(58-27(4)49)40(53)45(6)33(51)22-34-47(24-57-34,61-28(5)50)39(45)41(46)60-43(55)31-20-14-9-15-21-31/h7-21,25,32-34,36-39,41,51-52H,22-24H2,1-6H3,(H,48,54)/t32-,33-,34+,36-,37+,38+,39-,41-,45+,46-,47-/m0/s1. The molecule has 4 aliphatic rings. The summed E-state index contributed by atoms with van der Waals surface area (Å²) in [7, 11) is 0. The highest BCUT2D eigenvalue weighted by Crippen LogP contribution is 2.67. The van der Waals surface area contributed by atoms with E-state index in [2.05, 4.69) is 5.32 Å². The highest BCUT2D eigenvalue weighted by Gasteiger charge is 2.78. The van der Waals surface area contributed by atoms with E-state index >= 15 is 4.79 Å². The topological polar surface area (TPSA) is 201 Å². The van der Waals surface area contributed by atoms with Crippen LogP contribution in [-0.2, 0) is 42.9 Å². The lowest BCUT2D eigenvalue weighted by Crippen LogP contribution is -2.78. The second kappa shape index (κ2) is 16.6. The minimum atomic E-state index is -1.94. The number of carbonyl (C=O) groups is 6. The number of ketones is 1. The first-order chi connectivity index (χ1) is 29.0. The van der Waals surface area contributed by atoms with E-state index in [-0.39, 0.29) is 30.6 Å². The molecule has 3 N–H and O–H groups in total. The summed E-state index contributed by atoms with van der Waals surface area (Å²) in [6, 6.07) is 23.6. The number of nitrogens with one attached hydrogen (secondary N) is 1. The molecule has 3 aliphatic carbocycles. The van der Waals surface area contributed by atoms with Gasteiger partial charge in [0, 0.05) is 37.7 Å². The number of rotatable bonds is 11. The number of fused-ring (bicyclic) bond motifs is 4. The van der Waals surface area contributed by atoms with Crippen LogP contribution in [0.1, 0.15) is 86.7 Å². The van der Waals surface area contributed by atoms with Gasteiger partial charge in [-0.15, -0.1) is 0 Å². The van der Waals surface area contributed by atoms with E-state index in [9.17, 15) is 34.2 Å². The number of ether oxygens (including phenoxy) is 5. The maximum absolute atomic E-state index is 15.4. The first kappa shape index (κ1) is 43.4. The number of carbonyl (C=O) groups excluding carboxylic acids is 6. The Morgan fingerprint density at radius 2 is 1.43 bits per heavy atom. The van der Waals surface area contributed by atoms with Crippen LogP contribution in [0, 0.1) is 22.7 Å². The predicted molar refractivity (Wildman–Crippen MR) is 216 cm³/mol. The molecule has 1 saturated heterocycles. The molecule has 14 nitrogen and oxygen atoms in total. The monoisotopic (exact) mass is 837 g/mol. The molecule has 1 heterocycles. The van der Waals surface area contributed by atoms with Gasteiger partial charge in [0.05, 0.1) is 35.6 Å². The highest BCUT2D eigenvalue weighted by molar-refractivity contribution is 5.97. The third-order valence-corrected chi connectivity index (χ3v) is 13.3. The van der Waals surface area contributed by atoms with Crippen LogP contribution < -0.4 is 5.32 Å². The fraction of sp³-hybridized carbons (Fsp3) is 0.447. The Bertz CT molecular complexity index is 2230. The van der Waals surface area contributed by atoms with Crippen LogP contribution in [0.2, 0.25) is 0 Å². The molecular formula is C47H51NO13. The molecule has 322 valence electrons. The summed E-state index contributed by atoms with van der Waals surface area (Å²) in [5.74, 6) is -6.56. The SMILES string of the molecule is CC(=O)O[C@H]1C(=O)[C@@]2(C)[C@H]([C@H](OC(=O)c3ccccc3)[C@]3(C(C)C)C[C@H](OC(=O)[C@H](O)[C@@H](NC(=O)c4ccccc4)c4ccccc4)C(C)=C13)[C@]1(OC(C)=O)CO[C@@H]1C[C@@H]2O. The molecule has 61 heavy (non-hydrogen) atoms. The van der Waals surface area contributed by atoms with Crippen LogP contribution >= 0.6 is 0 Å². The Balaban J connectivity index is 1.37. The summed E-state index contributed by atoms with van der Waals surface area (Å²) < 4.78 is 30.9. The van der Waals surface area contributed by atoms with Crippen molar-refractivity contribution < 1.29 is 62.7 Å². The maximum atomic E-state index is 15.4. The van der Waals surface area contributed by atoms with E-state index in [0.29, 0.717) is 16.7 Å². The van der Waals surface area contributed by atoms with E-state index < -0.39 is 107 Å². The third kappa shape index (κ3) is 7.33. The number of amides is 1. The van der Waals surface area contributed by atoms with Gasteiger partial charge in [-0.1, -0.05) is 80.6 Å². The highest BCUT2D eigenvalue weighted by atomic mass is 16.6. The molecule has 3 aromatic rings. The van der Waals surface area contributed by atoms with Crippen molar-refractivity contribution in [3.8, 4) is 0 Å². The molecule has 11 atom stereocenters. The van der Waals surface area contributed by atoms with Crippen LogP contribution in [0.15, 0.2) is 102 Å². The molecule has 3 aromatic carbocycles. The molecule has 2 saturated carbocycles. The average Bonchev–Trinajstić information content (AvgIpc) is 3.50. The van der Waals surface area contributed by atoms with Crippen LogP contribution in [0.25, 0.3) is 0 Å². The van der Waals surface area contributed by atoms with E-state index in [1.54, 1.807) is 97.9 Å². The van der Waals surface area contributed by atoms with Gasteiger partial charge < -0.3 is 39.2 Å². The van der Waals surface area contributed by atoms with Gasteiger partial charge in [-0.2, -0.15) is 0 Å². The van der Waals surface area contributed by atoms with Crippen LogP contribution in [0.3, 0.4) is 0 Å². The number of aliphatic hydroxyl groups excluding tert-OH is 2. The van der Waals surface area contributed by atoms with Crippen LogP contribution in [-0.4, -0.2) is 94.6 Å². The predicted octanol–water partition coefficient (Wildman–Crippen LogP) is 4.62. The average molecular weight is 838 g/mol. The summed E-state index contributed by atoms with van der Waals surface area (Å²) in [6.07, 6.45) is -8.84. The maximum Gasteiger partial charge on any atom is 0.338 e. The zero-order valence-electron chi connectivity index (χ0n) is 34.9. The van der Waals surface area contributed by atoms with Crippen molar-refractivity contribution in [2.24, 2.45) is 22.7 Å². The Hall–Kier alpha value is -5.70. The Morgan fingerprint density at radius 1 is 0.836 bits per heavy atom. The van der Waals surface area contributed by atoms with Gasteiger partial charge in [-0.25, -0.2) is 9.59 Å². The molecule has 0 unspecified atom stereocenters. The molecule has 3 fully saturated rings. The number of esters is 4. The molecule has 0 radical (unpaired) electrons. The van der Waals surface area contributed by atoms with Gasteiger partial charge in [0.25, 0.3) is 5.91 Å². The third-order valence-electron chi connectivity index (χ3n) is 13.3. The molecule has 0 aromatic heterocycles. The Morgan fingerprint density at radius 3 is 1.97 bits per heavy atom. The molecule has 0 bridgehead atoms. The first-order valence-electron chi connectivity index (χ1n) is 20.4. The van der Waals surface area contributed by atoms with Gasteiger partial charge in [0.2, 0.25) is 0 Å². The fourth-order valence-electron chi connectivity index (χ4n) is 10.3. The van der Waals surface area contributed by atoms with Gasteiger partial charge in [-0.3, -0.25) is 19.2 Å². The number of hydrogen-bond donors (Lipinski definition) is 3. The first-order valence-corrected chi connectivity index (χ1v) is 20.4. The normalized spacial score (nSPS) is 31.2. The number of hydrogen-bond acceptors (Lipinski definition) is 13. The minimum Gasteiger partial charge on any atom is -0.457 e. The van der Waals surface area contributed by atoms with Crippen LogP contribution in [0.4, 0.5) is 0 Å². The van der Waals surface area contributed by atoms with E-state index in [0.717, 1.165) is 6.92 Å². The van der Waals surface area contributed by atoms with E-state index in [4.69, 9.17) is 23.7 Å². The van der Waals surface area contributed by atoms with E-state index in [1.807, 2.05) is 13.8 Å². The summed E-state index contributed by atoms with van der Waals surface area (Å²) in [5, 5.41) is 26.6. The fourth-order valence-corrected chi connectivity index (χ4v) is 10.3. The summed E-state index contributed by atoms with van der Waals surface area (Å²) in [6.45, 7) is 8.93. The second-order valence-corrected chi connectivity index (χ2v) is 17.0. The largest absolute Gasteiger partial charge is 0.457 e. The zero-order valence-corrected chi connectivity index (χ0v) is 34.9. The molecule has 7 rings (SSSR count). The molecule has 1 amide bonds. The van der Waals surface area contributed by atoms with E-state index in [1.165, 1.54) is 13.8 Å².